The Morgan fingerprint density at radius 2 is 1.89 bits per heavy atom. The molecule has 2 aromatic rings. The zero-order valence-electron chi connectivity index (χ0n) is 10.6. The van der Waals surface area contributed by atoms with Gasteiger partial charge >= 0.3 is 0 Å². The summed E-state index contributed by atoms with van der Waals surface area (Å²) in [5.74, 6) is 0. The average molecular weight is 240 g/mol. The zero-order chi connectivity index (χ0) is 13.1. The van der Waals surface area contributed by atoms with Gasteiger partial charge in [0.1, 0.15) is 0 Å². The second-order valence-corrected chi connectivity index (χ2v) is 4.43. The molecule has 18 heavy (non-hydrogen) atoms. The third-order valence-corrected chi connectivity index (χ3v) is 3.33. The van der Waals surface area contributed by atoms with E-state index in [1.54, 1.807) is 0 Å². The Balaban J connectivity index is 2.64. The molecule has 3 nitrogen and oxygen atoms in total. The first kappa shape index (κ1) is 12.4. The van der Waals surface area contributed by atoms with Crippen LogP contribution in [-0.4, -0.2) is 24.8 Å². The number of nitriles is 1. The predicted molar refractivity (Wildman–Crippen MR) is 73.6 cm³/mol. The molecule has 0 amide bonds. The Bertz CT molecular complexity index is 601. The summed E-state index contributed by atoms with van der Waals surface area (Å²) in [6.45, 7) is 2.07. The molecule has 0 radical (unpaired) electrons. The maximum absolute atomic E-state index is 9.25. The molecule has 1 atom stereocenters. The van der Waals surface area contributed by atoms with Gasteiger partial charge in [-0.1, -0.05) is 24.3 Å². The van der Waals surface area contributed by atoms with Crippen LogP contribution in [0.1, 0.15) is 12.5 Å². The molecule has 0 aromatic heterocycles. The Morgan fingerprint density at radius 3 is 2.50 bits per heavy atom. The lowest BCUT2D eigenvalue weighted by atomic mass is 10.0. The SMILES string of the molecule is CC(CO)N(C)c1ccc(C#N)c2ccccc12. The molecule has 92 valence electrons. The van der Waals surface area contributed by atoms with E-state index < -0.39 is 0 Å². The van der Waals surface area contributed by atoms with Crippen molar-refractivity contribution >= 4 is 16.5 Å². The van der Waals surface area contributed by atoms with E-state index in [2.05, 4.69) is 6.07 Å². The van der Waals surface area contributed by atoms with E-state index in [0.29, 0.717) is 5.56 Å². The van der Waals surface area contributed by atoms with Crippen LogP contribution in [0.2, 0.25) is 0 Å². The summed E-state index contributed by atoms with van der Waals surface area (Å²) in [5, 5.41) is 20.4. The monoisotopic (exact) mass is 240 g/mol. The number of fused-ring (bicyclic) bond motifs is 1. The smallest absolute Gasteiger partial charge is 0.0998 e. The molecule has 0 heterocycles. The van der Waals surface area contributed by atoms with Crippen LogP contribution in [-0.2, 0) is 0 Å². The number of benzene rings is 2. The van der Waals surface area contributed by atoms with Gasteiger partial charge in [0.15, 0.2) is 0 Å². The normalized spacial score (nSPS) is 12.1. The summed E-state index contributed by atoms with van der Waals surface area (Å²) < 4.78 is 0. The van der Waals surface area contributed by atoms with Gasteiger partial charge in [-0.2, -0.15) is 5.26 Å². The van der Waals surface area contributed by atoms with Crippen LogP contribution in [0.15, 0.2) is 36.4 Å². The van der Waals surface area contributed by atoms with Gasteiger partial charge in [-0.25, -0.2) is 0 Å². The average Bonchev–Trinajstić information content (AvgIpc) is 2.44. The van der Waals surface area contributed by atoms with Gasteiger partial charge in [0.25, 0.3) is 0 Å². The van der Waals surface area contributed by atoms with Crippen molar-refractivity contribution in [3.8, 4) is 6.07 Å². The summed E-state index contributed by atoms with van der Waals surface area (Å²) in [6.07, 6.45) is 0. The Morgan fingerprint density at radius 1 is 1.22 bits per heavy atom. The Hall–Kier alpha value is -2.05. The van der Waals surface area contributed by atoms with Gasteiger partial charge < -0.3 is 10.0 Å². The second-order valence-electron chi connectivity index (χ2n) is 4.43. The van der Waals surface area contributed by atoms with Gasteiger partial charge in [0, 0.05) is 29.5 Å². The number of likely N-dealkylation sites (N-methyl/N-ethyl adjacent to an activating group) is 1. The molecule has 1 N–H and O–H groups in total. The number of rotatable bonds is 3. The van der Waals surface area contributed by atoms with Crippen molar-refractivity contribution in [3.63, 3.8) is 0 Å². The molecule has 2 aromatic carbocycles. The van der Waals surface area contributed by atoms with Crippen molar-refractivity contribution in [2.24, 2.45) is 0 Å². The van der Waals surface area contributed by atoms with Crippen LogP contribution in [0.5, 0.6) is 0 Å². The maximum atomic E-state index is 9.25. The molecule has 3 heteroatoms. The third kappa shape index (κ3) is 2.03. The van der Waals surface area contributed by atoms with E-state index in [1.165, 1.54) is 0 Å². The van der Waals surface area contributed by atoms with E-state index in [0.717, 1.165) is 16.5 Å². The van der Waals surface area contributed by atoms with E-state index in [9.17, 15) is 5.11 Å². The molecular weight excluding hydrogens is 224 g/mol. The minimum atomic E-state index is 0.0429. The minimum absolute atomic E-state index is 0.0429. The van der Waals surface area contributed by atoms with Crippen molar-refractivity contribution in [2.75, 3.05) is 18.6 Å². The number of aliphatic hydroxyl groups excluding tert-OH is 1. The number of anilines is 1. The fourth-order valence-corrected chi connectivity index (χ4v) is 2.05. The molecule has 0 bridgehead atoms. The summed E-state index contributed by atoms with van der Waals surface area (Å²) in [4.78, 5) is 2.03. The second kappa shape index (κ2) is 5.07. The van der Waals surface area contributed by atoms with E-state index in [4.69, 9.17) is 5.26 Å². The molecule has 1 unspecified atom stereocenters. The fourth-order valence-electron chi connectivity index (χ4n) is 2.05. The Kier molecular flexibility index (Phi) is 3.50. The summed E-state index contributed by atoms with van der Waals surface area (Å²) in [7, 11) is 1.95. The lowest BCUT2D eigenvalue weighted by Gasteiger charge is -2.27. The molecule has 0 saturated carbocycles. The highest BCUT2D eigenvalue weighted by atomic mass is 16.3. The highest BCUT2D eigenvalue weighted by Gasteiger charge is 2.13. The van der Waals surface area contributed by atoms with Crippen LogP contribution in [0.25, 0.3) is 10.8 Å². The quantitative estimate of drug-likeness (QED) is 0.896. The molecular formula is C15H16N2O. The van der Waals surface area contributed by atoms with E-state index >= 15 is 0 Å². The first-order valence-corrected chi connectivity index (χ1v) is 5.94. The van der Waals surface area contributed by atoms with Crippen LogP contribution < -0.4 is 4.90 Å². The maximum Gasteiger partial charge on any atom is 0.0998 e. The van der Waals surface area contributed by atoms with Crippen LogP contribution >= 0.6 is 0 Å². The molecule has 2 rings (SSSR count). The minimum Gasteiger partial charge on any atom is -0.394 e. The molecule has 0 aliphatic rings. The summed E-state index contributed by atoms with van der Waals surface area (Å²) in [6, 6.07) is 13.9. The molecule has 0 aliphatic heterocycles. The van der Waals surface area contributed by atoms with Gasteiger partial charge in [0.05, 0.1) is 18.2 Å². The summed E-state index contributed by atoms with van der Waals surface area (Å²) >= 11 is 0. The first-order chi connectivity index (χ1) is 8.69. The van der Waals surface area contributed by atoms with Crippen LogP contribution in [0.4, 0.5) is 5.69 Å². The highest BCUT2D eigenvalue weighted by molar-refractivity contribution is 5.97. The standard InChI is InChI=1S/C15H16N2O/c1-11(10-18)17(2)15-8-7-12(9-16)13-5-3-4-6-14(13)15/h3-8,11,18H,10H2,1-2H3. The first-order valence-electron chi connectivity index (χ1n) is 5.94. The van der Waals surface area contributed by atoms with Gasteiger partial charge in [-0.3, -0.25) is 0 Å². The van der Waals surface area contributed by atoms with Crippen LogP contribution in [0, 0.1) is 11.3 Å². The third-order valence-electron chi connectivity index (χ3n) is 3.33. The highest BCUT2D eigenvalue weighted by Crippen LogP contribution is 2.29. The van der Waals surface area contributed by atoms with Crippen LogP contribution in [0.3, 0.4) is 0 Å². The largest absolute Gasteiger partial charge is 0.394 e. The lowest BCUT2D eigenvalue weighted by Crippen LogP contribution is -2.31. The fraction of sp³-hybridized carbons (Fsp3) is 0.267. The molecule has 0 aliphatic carbocycles. The van der Waals surface area contributed by atoms with Crippen molar-refractivity contribution in [1.82, 2.24) is 0 Å². The number of nitrogens with zero attached hydrogens (tertiary/aromatic N) is 2. The van der Waals surface area contributed by atoms with Crippen molar-refractivity contribution < 1.29 is 5.11 Å². The topological polar surface area (TPSA) is 47.3 Å². The van der Waals surface area contributed by atoms with E-state index in [1.807, 2.05) is 55.3 Å². The molecule has 0 spiro atoms. The lowest BCUT2D eigenvalue weighted by molar-refractivity contribution is 0.270. The van der Waals surface area contributed by atoms with E-state index in [-0.39, 0.29) is 12.6 Å². The van der Waals surface area contributed by atoms with Gasteiger partial charge in [-0.15, -0.1) is 0 Å². The van der Waals surface area contributed by atoms with Crippen molar-refractivity contribution in [2.45, 2.75) is 13.0 Å². The predicted octanol–water partition coefficient (Wildman–Crippen LogP) is 2.53. The summed E-state index contributed by atoms with van der Waals surface area (Å²) in [5.41, 5.74) is 1.71. The van der Waals surface area contributed by atoms with Crippen molar-refractivity contribution in [1.29, 1.82) is 5.26 Å². The number of hydrogen-bond donors (Lipinski definition) is 1. The zero-order valence-corrected chi connectivity index (χ0v) is 10.6. The van der Waals surface area contributed by atoms with Crippen molar-refractivity contribution in [3.05, 3.63) is 42.0 Å². The molecule has 0 fully saturated rings. The Labute approximate surface area is 107 Å². The van der Waals surface area contributed by atoms with Gasteiger partial charge in [-0.05, 0) is 19.1 Å². The van der Waals surface area contributed by atoms with Gasteiger partial charge in [0.2, 0.25) is 0 Å². The number of hydrogen-bond acceptors (Lipinski definition) is 3. The molecule has 0 saturated heterocycles. The number of aliphatic hydroxyl groups is 1.